The third-order valence-electron chi connectivity index (χ3n) is 3.49. The fourth-order valence-corrected chi connectivity index (χ4v) is 2.26. The number of anilines is 2. The molecule has 106 valence electrons. The zero-order chi connectivity index (χ0) is 14.4. The molecule has 20 heavy (non-hydrogen) atoms. The Bertz CT molecular complexity index is 505. The van der Waals surface area contributed by atoms with Gasteiger partial charge in [0, 0.05) is 17.9 Å². The zero-order valence-corrected chi connectivity index (χ0v) is 12.3. The Kier molecular flexibility index (Phi) is 5.19. The van der Waals surface area contributed by atoms with Gasteiger partial charge in [-0.25, -0.2) is 0 Å². The van der Waals surface area contributed by atoms with E-state index in [1.165, 1.54) is 17.8 Å². The zero-order valence-electron chi connectivity index (χ0n) is 12.3. The normalized spacial score (nSPS) is 12.2. The average Bonchev–Trinajstić information content (AvgIpc) is 2.49. The molecule has 0 fully saturated rings. The van der Waals surface area contributed by atoms with Crippen molar-refractivity contribution in [2.24, 2.45) is 0 Å². The first kappa shape index (κ1) is 14.6. The maximum absolute atomic E-state index is 9.60. The fourth-order valence-electron chi connectivity index (χ4n) is 2.26. The van der Waals surface area contributed by atoms with Gasteiger partial charge >= 0.3 is 0 Å². The van der Waals surface area contributed by atoms with E-state index in [2.05, 4.69) is 48.2 Å². The predicted octanol–water partition coefficient (Wildman–Crippen LogP) is 4.68. The first-order valence-electron chi connectivity index (χ1n) is 7.33. The number of nitrogens with zero attached hydrogens (tertiary/aromatic N) is 1. The predicted molar refractivity (Wildman–Crippen MR) is 85.4 cm³/mol. The SMILES string of the molecule is CCCCN(c1ccccc1)c1ccc([C@@H](C)O)cc1. The molecule has 0 aliphatic rings. The van der Waals surface area contributed by atoms with Crippen molar-refractivity contribution in [1.82, 2.24) is 0 Å². The van der Waals surface area contributed by atoms with Crippen molar-refractivity contribution in [2.45, 2.75) is 32.8 Å². The van der Waals surface area contributed by atoms with Gasteiger partial charge in [0.15, 0.2) is 0 Å². The van der Waals surface area contributed by atoms with Crippen molar-refractivity contribution < 1.29 is 5.11 Å². The van der Waals surface area contributed by atoms with E-state index in [4.69, 9.17) is 0 Å². The fraction of sp³-hybridized carbons (Fsp3) is 0.333. The Hall–Kier alpha value is -1.80. The molecular formula is C18H23NO. The van der Waals surface area contributed by atoms with E-state index < -0.39 is 6.10 Å². The van der Waals surface area contributed by atoms with E-state index in [0.717, 1.165) is 18.5 Å². The summed E-state index contributed by atoms with van der Waals surface area (Å²) < 4.78 is 0. The number of unbranched alkanes of at least 4 members (excludes halogenated alkanes) is 1. The largest absolute Gasteiger partial charge is 0.389 e. The van der Waals surface area contributed by atoms with Gasteiger partial charge in [-0.2, -0.15) is 0 Å². The van der Waals surface area contributed by atoms with E-state index in [-0.39, 0.29) is 0 Å². The lowest BCUT2D eigenvalue weighted by Crippen LogP contribution is -2.18. The second-order valence-electron chi connectivity index (χ2n) is 5.11. The molecule has 0 saturated carbocycles. The van der Waals surface area contributed by atoms with Gasteiger partial charge in [0.2, 0.25) is 0 Å². The van der Waals surface area contributed by atoms with Crippen LogP contribution in [0.15, 0.2) is 54.6 Å². The standard InChI is InChI=1S/C18H23NO/c1-3-4-14-19(17-8-6-5-7-9-17)18-12-10-16(11-13-18)15(2)20/h5-13,15,20H,3-4,14H2,1-2H3/t15-/m1/s1. The molecule has 2 rings (SSSR count). The summed E-state index contributed by atoms with van der Waals surface area (Å²) in [5, 5.41) is 9.60. The first-order chi connectivity index (χ1) is 9.72. The smallest absolute Gasteiger partial charge is 0.0761 e. The molecule has 2 heteroatoms. The van der Waals surface area contributed by atoms with Gasteiger partial charge in [-0.3, -0.25) is 0 Å². The third kappa shape index (κ3) is 3.61. The van der Waals surface area contributed by atoms with Gasteiger partial charge in [0.1, 0.15) is 0 Å². The van der Waals surface area contributed by atoms with E-state index >= 15 is 0 Å². The van der Waals surface area contributed by atoms with Crippen LogP contribution >= 0.6 is 0 Å². The van der Waals surface area contributed by atoms with Crippen molar-refractivity contribution in [1.29, 1.82) is 0 Å². The Morgan fingerprint density at radius 1 is 0.950 bits per heavy atom. The Morgan fingerprint density at radius 3 is 2.10 bits per heavy atom. The molecule has 0 aliphatic carbocycles. The third-order valence-corrected chi connectivity index (χ3v) is 3.49. The van der Waals surface area contributed by atoms with E-state index in [1.54, 1.807) is 6.92 Å². The minimum atomic E-state index is -0.412. The molecule has 2 aromatic carbocycles. The molecule has 0 saturated heterocycles. The summed E-state index contributed by atoms with van der Waals surface area (Å²) >= 11 is 0. The van der Waals surface area contributed by atoms with Crippen LogP contribution in [-0.4, -0.2) is 11.7 Å². The molecule has 0 radical (unpaired) electrons. The van der Waals surface area contributed by atoms with Crippen molar-refractivity contribution in [3.05, 3.63) is 60.2 Å². The summed E-state index contributed by atoms with van der Waals surface area (Å²) in [6.07, 6.45) is 1.92. The number of aliphatic hydroxyl groups excluding tert-OH is 1. The lowest BCUT2D eigenvalue weighted by Gasteiger charge is -2.25. The van der Waals surface area contributed by atoms with E-state index in [1.807, 2.05) is 18.2 Å². The molecule has 0 aromatic heterocycles. The van der Waals surface area contributed by atoms with Crippen molar-refractivity contribution in [3.8, 4) is 0 Å². The van der Waals surface area contributed by atoms with Crippen LogP contribution in [0.5, 0.6) is 0 Å². The van der Waals surface area contributed by atoms with Crippen LogP contribution in [0.3, 0.4) is 0 Å². The molecule has 0 aliphatic heterocycles. The number of aliphatic hydroxyl groups is 1. The summed E-state index contributed by atoms with van der Waals surface area (Å²) in [5.74, 6) is 0. The Balaban J connectivity index is 2.26. The highest BCUT2D eigenvalue weighted by Crippen LogP contribution is 2.27. The lowest BCUT2D eigenvalue weighted by atomic mass is 10.1. The summed E-state index contributed by atoms with van der Waals surface area (Å²) in [7, 11) is 0. The second-order valence-corrected chi connectivity index (χ2v) is 5.11. The molecule has 2 aromatic rings. The summed E-state index contributed by atoms with van der Waals surface area (Å²) in [5.41, 5.74) is 3.34. The van der Waals surface area contributed by atoms with Crippen LogP contribution in [0.2, 0.25) is 0 Å². The lowest BCUT2D eigenvalue weighted by molar-refractivity contribution is 0.199. The van der Waals surface area contributed by atoms with Gasteiger partial charge in [-0.05, 0) is 43.2 Å². The van der Waals surface area contributed by atoms with Gasteiger partial charge in [-0.15, -0.1) is 0 Å². The number of hydrogen-bond donors (Lipinski definition) is 1. The number of para-hydroxylation sites is 1. The Morgan fingerprint density at radius 2 is 1.55 bits per heavy atom. The molecule has 0 heterocycles. The minimum Gasteiger partial charge on any atom is -0.389 e. The van der Waals surface area contributed by atoms with Crippen LogP contribution in [0.1, 0.15) is 38.4 Å². The summed E-state index contributed by atoms with van der Waals surface area (Å²) in [6, 6.07) is 18.6. The van der Waals surface area contributed by atoms with Crippen molar-refractivity contribution in [3.63, 3.8) is 0 Å². The molecule has 0 spiro atoms. The molecular weight excluding hydrogens is 246 g/mol. The van der Waals surface area contributed by atoms with Crippen molar-refractivity contribution >= 4 is 11.4 Å². The minimum absolute atomic E-state index is 0.412. The molecule has 2 nitrogen and oxygen atoms in total. The number of benzene rings is 2. The topological polar surface area (TPSA) is 23.5 Å². The number of rotatable bonds is 6. The molecule has 1 N–H and O–H groups in total. The highest BCUT2D eigenvalue weighted by Gasteiger charge is 2.09. The maximum atomic E-state index is 9.60. The monoisotopic (exact) mass is 269 g/mol. The van der Waals surface area contributed by atoms with Gasteiger partial charge in [-0.1, -0.05) is 43.7 Å². The van der Waals surface area contributed by atoms with E-state index in [9.17, 15) is 5.11 Å². The highest BCUT2D eigenvalue weighted by molar-refractivity contribution is 5.63. The maximum Gasteiger partial charge on any atom is 0.0761 e. The number of hydrogen-bond acceptors (Lipinski definition) is 2. The molecule has 0 unspecified atom stereocenters. The van der Waals surface area contributed by atoms with Crippen LogP contribution in [0.25, 0.3) is 0 Å². The Labute approximate surface area is 121 Å². The van der Waals surface area contributed by atoms with Gasteiger partial charge < -0.3 is 10.0 Å². The summed E-state index contributed by atoms with van der Waals surface area (Å²) in [6.45, 7) is 5.01. The quantitative estimate of drug-likeness (QED) is 0.823. The van der Waals surface area contributed by atoms with Gasteiger partial charge in [0.05, 0.1) is 6.10 Å². The van der Waals surface area contributed by atoms with E-state index in [0.29, 0.717) is 0 Å². The van der Waals surface area contributed by atoms with Crippen LogP contribution < -0.4 is 4.90 Å². The summed E-state index contributed by atoms with van der Waals surface area (Å²) in [4.78, 5) is 2.33. The molecule has 1 atom stereocenters. The average molecular weight is 269 g/mol. The second kappa shape index (κ2) is 7.11. The molecule has 0 amide bonds. The van der Waals surface area contributed by atoms with Crippen molar-refractivity contribution in [2.75, 3.05) is 11.4 Å². The van der Waals surface area contributed by atoms with Crippen LogP contribution in [-0.2, 0) is 0 Å². The highest BCUT2D eigenvalue weighted by atomic mass is 16.3. The van der Waals surface area contributed by atoms with Crippen LogP contribution in [0.4, 0.5) is 11.4 Å². The first-order valence-corrected chi connectivity index (χ1v) is 7.33. The van der Waals surface area contributed by atoms with Gasteiger partial charge in [0.25, 0.3) is 0 Å². The van der Waals surface area contributed by atoms with Crippen LogP contribution in [0, 0.1) is 0 Å². The molecule has 0 bridgehead atoms.